The van der Waals surface area contributed by atoms with E-state index in [4.69, 9.17) is 5.11 Å². The van der Waals surface area contributed by atoms with Crippen molar-refractivity contribution in [2.75, 3.05) is 11.4 Å². The van der Waals surface area contributed by atoms with Crippen LogP contribution in [0.1, 0.15) is 24.5 Å². The van der Waals surface area contributed by atoms with Crippen molar-refractivity contribution in [2.45, 2.75) is 26.7 Å². The van der Waals surface area contributed by atoms with Crippen molar-refractivity contribution < 1.29 is 14.7 Å². The van der Waals surface area contributed by atoms with E-state index in [0.717, 1.165) is 23.2 Å². The van der Waals surface area contributed by atoms with Crippen LogP contribution in [0.3, 0.4) is 0 Å². The summed E-state index contributed by atoms with van der Waals surface area (Å²) in [7, 11) is 0. The third kappa shape index (κ3) is 2.10. The summed E-state index contributed by atoms with van der Waals surface area (Å²) >= 11 is 0. The zero-order chi connectivity index (χ0) is 13.3. The second kappa shape index (κ2) is 4.80. The minimum Gasteiger partial charge on any atom is -0.481 e. The summed E-state index contributed by atoms with van der Waals surface area (Å²) in [6.07, 6.45) is 0.936. The number of amides is 1. The maximum Gasteiger partial charge on any atom is 0.308 e. The van der Waals surface area contributed by atoms with Gasteiger partial charge in [0.05, 0.1) is 5.92 Å². The Morgan fingerprint density at radius 3 is 2.78 bits per heavy atom. The molecule has 0 aliphatic carbocycles. The van der Waals surface area contributed by atoms with Crippen LogP contribution in [0.2, 0.25) is 0 Å². The summed E-state index contributed by atoms with van der Waals surface area (Å²) in [6.45, 7) is 4.27. The molecular formula is C14H17NO3. The van der Waals surface area contributed by atoms with E-state index in [1.165, 1.54) is 0 Å². The molecule has 1 fully saturated rings. The summed E-state index contributed by atoms with van der Waals surface area (Å²) in [6, 6.07) is 5.91. The van der Waals surface area contributed by atoms with Gasteiger partial charge in [-0.3, -0.25) is 9.59 Å². The molecule has 2 rings (SSSR count). The van der Waals surface area contributed by atoms with Crippen LogP contribution in [0.25, 0.3) is 0 Å². The minimum absolute atomic E-state index is 0.0913. The van der Waals surface area contributed by atoms with Crippen LogP contribution in [0, 0.1) is 12.8 Å². The highest BCUT2D eigenvalue weighted by Crippen LogP contribution is 2.31. The van der Waals surface area contributed by atoms with Gasteiger partial charge in [0.25, 0.3) is 0 Å². The SMILES string of the molecule is CCc1cccc(C)c1N1CC(C(=O)O)CC1=O. The Labute approximate surface area is 106 Å². The molecule has 1 aromatic carbocycles. The Balaban J connectivity index is 2.38. The zero-order valence-electron chi connectivity index (χ0n) is 10.6. The molecule has 1 N–H and O–H groups in total. The number of carboxylic acids is 1. The van der Waals surface area contributed by atoms with E-state index in [-0.39, 0.29) is 18.9 Å². The smallest absolute Gasteiger partial charge is 0.308 e. The Kier molecular flexibility index (Phi) is 3.36. The van der Waals surface area contributed by atoms with Gasteiger partial charge in [-0.05, 0) is 24.5 Å². The summed E-state index contributed by atoms with van der Waals surface area (Å²) in [4.78, 5) is 24.6. The second-order valence-electron chi connectivity index (χ2n) is 4.68. The maximum atomic E-state index is 12.0. The summed E-state index contributed by atoms with van der Waals surface area (Å²) in [5, 5.41) is 9.01. The molecule has 18 heavy (non-hydrogen) atoms. The average Bonchev–Trinajstić information content (AvgIpc) is 2.71. The summed E-state index contributed by atoms with van der Waals surface area (Å²) < 4.78 is 0. The molecule has 0 saturated carbocycles. The molecule has 1 unspecified atom stereocenters. The van der Waals surface area contributed by atoms with Crippen molar-refractivity contribution >= 4 is 17.6 Å². The van der Waals surface area contributed by atoms with Gasteiger partial charge in [0.2, 0.25) is 5.91 Å². The molecule has 0 aromatic heterocycles. The van der Waals surface area contributed by atoms with Crippen LogP contribution in [-0.2, 0) is 16.0 Å². The quantitative estimate of drug-likeness (QED) is 0.888. The van der Waals surface area contributed by atoms with Crippen LogP contribution < -0.4 is 4.90 Å². The van der Waals surface area contributed by atoms with E-state index in [2.05, 4.69) is 0 Å². The number of rotatable bonds is 3. The lowest BCUT2D eigenvalue weighted by molar-refractivity contribution is -0.141. The van der Waals surface area contributed by atoms with E-state index in [9.17, 15) is 9.59 Å². The number of hydrogen-bond acceptors (Lipinski definition) is 2. The molecule has 0 spiro atoms. The van der Waals surface area contributed by atoms with Crippen molar-refractivity contribution in [1.82, 2.24) is 0 Å². The van der Waals surface area contributed by atoms with Gasteiger partial charge in [-0.2, -0.15) is 0 Å². The number of para-hydroxylation sites is 1. The lowest BCUT2D eigenvalue weighted by Gasteiger charge is -2.22. The highest BCUT2D eigenvalue weighted by Gasteiger charge is 2.36. The van der Waals surface area contributed by atoms with Crippen LogP contribution >= 0.6 is 0 Å². The summed E-state index contributed by atoms with van der Waals surface area (Å²) in [5.74, 6) is -1.56. The Morgan fingerprint density at radius 1 is 1.50 bits per heavy atom. The molecule has 1 atom stereocenters. The Morgan fingerprint density at radius 2 is 2.22 bits per heavy atom. The molecule has 0 bridgehead atoms. The zero-order valence-corrected chi connectivity index (χ0v) is 10.6. The largest absolute Gasteiger partial charge is 0.481 e. The number of carboxylic acid groups (broad SMARTS) is 1. The minimum atomic E-state index is -0.891. The van der Waals surface area contributed by atoms with Crippen LogP contribution in [0.4, 0.5) is 5.69 Å². The fourth-order valence-electron chi connectivity index (χ4n) is 2.48. The number of carbonyl (C=O) groups excluding carboxylic acids is 1. The van der Waals surface area contributed by atoms with Gasteiger partial charge < -0.3 is 10.0 Å². The van der Waals surface area contributed by atoms with Crippen molar-refractivity contribution in [1.29, 1.82) is 0 Å². The van der Waals surface area contributed by atoms with E-state index >= 15 is 0 Å². The van der Waals surface area contributed by atoms with E-state index in [0.29, 0.717) is 0 Å². The van der Waals surface area contributed by atoms with Crippen LogP contribution in [0.15, 0.2) is 18.2 Å². The first-order valence-electron chi connectivity index (χ1n) is 6.16. The second-order valence-corrected chi connectivity index (χ2v) is 4.68. The predicted octanol–water partition coefficient (Wildman–Crippen LogP) is 1.99. The molecule has 4 nitrogen and oxygen atoms in total. The molecule has 4 heteroatoms. The third-order valence-electron chi connectivity index (χ3n) is 3.45. The van der Waals surface area contributed by atoms with Crippen LogP contribution in [-0.4, -0.2) is 23.5 Å². The highest BCUT2D eigenvalue weighted by molar-refractivity contribution is 6.00. The first-order valence-corrected chi connectivity index (χ1v) is 6.16. The van der Waals surface area contributed by atoms with E-state index < -0.39 is 11.9 Å². The standard InChI is InChI=1S/C14H17NO3/c1-3-10-6-4-5-9(2)13(10)15-8-11(14(17)18)7-12(15)16/h4-6,11H,3,7-8H2,1-2H3,(H,17,18). The van der Waals surface area contributed by atoms with Crippen molar-refractivity contribution in [3.63, 3.8) is 0 Å². The monoisotopic (exact) mass is 247 g/mol. The fourth-order valence-corrected chi connectivity index (χ4v) is 2.48. The van der Waals surface area contributed by atoms with Gasteiger partial charge in [0.1, 0.15) is 0 Å². The van der Waals surface area contributed by atoms with Crippen molar-refractivity contribution in [2.24, 2.45) is 5.92 Å². The van der Waals surface area contributed by atoms with Gasteiger partial charge in [-0.15, -0.1) is 0 Å². The topological polar surface area (TPSA) is 57.6 Å². The van der Waals surface area contributed by atoms with Gasteiger partial charge >= 0.3 is 5.97 Å². The van der Waals surface area contributed by atoms with Gasteiger partial charge in [-0.1, -0.05) is 25.1 Å². The number of hydrogen-bond donors (Lipinski definition) is 1. The summed E-state index contributed by atoms with van der Waals surface area (Å²) in [5.41, 5.74) is 3.01. The average molecular weight is 247 g/mol. The predicted molar refractivity (Wildman–Crippen MR) is 68.7 cm³/mol. The molecular weight excluding hydrogens is 230 g/mol. The molecule has 1 heterocycles. The number of aliphatic carboxylic acids is 1. The van der Waals surface area contributed by atoms with Crippen molar-refractivity contribution in [3.05, 3.63) is 29.3 Å². The van der Waals surface area contributed by atoms with Crippen molar-refractivity contribution in [3.8, 4) is 0 Å². The van der Waals surface area contributed by atoms with Gasteiger partial charge in [-0.25, -0.2) is 0 Å². The molecule has 1 saturated heterocycles. The Hall–Kier alpha value is -1.84. The molecule has 0 radical (unpaired) electrons. The first kappa shape index (κ1) is 12.6. The lowest BCUT2D eigenvalue weighted by Crippen LogP contribution is -2.27. The normalized spacial score (nSPS) is 19.3. The Bertz CT molecular complexity index is 496. The molecule has 1 aliphatic rings. The van der Waals surface area contributed by atoms with Gasteiger partial charge in [0.15, 0.2) is 0 Å². The van der Waals surface area contributed by atoms with E-state index in [1.54, 1.807) is 4.90 Å². The molecule has 96 valence electrons. The molecule has 1 amide bonds. The van der Waals surface area contributed by atoms with Crippen LogP contribution in [0.5, 0.6) is 0 Å². The maximum absolute atomic E-state index is 12.0. The number of benzene rings is 1. The number of aryl methyl sites for hydroxylation is 2. The van der Waals surface area contributed by atoms with Gasteiger partial charge in [0, 0.05) is 18.7 Å². The number of carbonyl (C=O) groups is 2. The number of anilines is 1. The molecule has 1 aromatic rings. The number of nitrogens with zero attached hydrogens (tertiary/aromatic N) is 1. The fraction of sp³-hybridized carbons (Fsp3) is 0.429. The van der Waals surface area contributed by atoms with E-state index in [1.807, 2.05) is 32.0 Å². The molecule has 1 aliphatic heterocycles. The first-order chi connectivity index (χ1) is 8.54. The highest BCUT2D eigenvalue weighted by atomic mass is 16.4. The lowest BCUT2D eigenvalue weighted by atomic mass is 10.0. The third-order valence-corrected chi connectivity index (χ3v) is 3.45.